The minimum atomic E-state index is -0.780. The van der Waals surface area contributed by atoms with Gasteiger partial charge < -0.3 is 5.11 Å². The highest BCUT2D eigenvalue weighted by molar-refractivity contribution is 5.75. The summed E-state index contributed by atoms with van der Waals surface area (Å²) in [5.74, 6) is -1.23. The van der Waals surface area contributed by atoms with Crippen LogP contribution in [-0.4, -0.2) is 20.9 Å². The Hall–Kier alpha value is -1.32. The highest BCUT2D eigenvalue weighted by Gasteiger charge is 2.21. The summed E-state index contributed by atoms with van der Waals surface area (Å²) in [5.41, 5.74) is 0.661. The van der Waals surface area contributed by atoms with Gasteiger partial charge in [-0.05, 0) is 12.5 Å². The molecule has 0 fully saturated rings. The third kappa shape index (κ3) is 2.58. The van der Waals surface area contributed by atoms with E-state index in [2.05, 4.69) is 12.0 Å². The highest BCUT2D eigenvalue weighted by Crippen LogP contribution is 2.20. The minimum Gasteiger partial charge on any atom is -0.481 e. The van der Waals surface area contributed by atoms with Gasteiger partial charge in [0, 0.05) is 13.2 Å². The van der Waals surface area contributed by atoms with Crippen molar-refractivity contribution < 1.29 is 9.90 Å². The van der Waals surface area contributed by atoms with Crippen molar-refractivity contribution in [3.63, 3.8) is 0 Å². The summed E-state index contributed by atoms with van der Waals surface area (Å²) in [7, 11) is 1.79. The van der Waals surface area contributed by atoms with Crippen LogP contribution in [-0.2, 0) is 11.8 Å². The Bertz CT molecular complexity index is 307. The smallest absolute Gasteiger partial charge is 0.312 e. The predicted molar refractivity (Wildman–Crippen MR) is 53.1 cm³/mol. The van der Waals surface area contributed by atoms with E-state index < -0.39 is 11.9 Å². The normalized spacial score (nSPS) is 12.7. The molecule has 1 aromatic heterocycles. The monoisotopic (exact) mass is 196 g/mol. The summed E-state index contributed by atoms with van der Waals surface area (Å²) in [4.78, 5) is 11.0. The molecule has 1 aromatic rings. The van der Waals surface area contributed by atoms with Gasteiger partial charge in [0.2, 0.25) is 0 Å². The van der Waals surface area contributed by atoms with Crippen LogP contribution in [0, 0.1) is 0 Å². The summed E-state index contributed by atoms with van der Waals surface area (Å²) in [5, 5.41) is 13.1. The van der Waals surface area contributed by atoms with Crippen molar-refractivity contribution in [1.82, 2.24) is 9.78 Å². The fraction of sp³-hybridized carbons (Fsp3) is 0.600. The van der Waals surface area contributed by atoms with E-state index in [0.29, 0.717) is 12.1 Å². The van der Waals surface area contributed by atoms with Gasteiger partial charge in [0.1, 0.15) is 5.92 Å². The van der Waals surface area contributed by atoms with Crippen LogP contribution < -0.4 is 0 Å². The molecule has 0 amide bonds. The Morgan fingerprint density at radius 3 is 2.86 bits per heavy atom. The molecule has 4 heteroatoms. The Morgan fingerprint density at radius 2 is 2.43 bits per heavy atom. The molecule has 0 aliphatic carbocycles. The van der Waals surface area contributed by atoms with Gasteiger partial charge in [-0.15, -0.1) is 0 Å². The third-order valence-electron chi connectivity index (χ3n) is 2.24. The van der Waals surface area contributed by atoms with Gasteiger partial charge in [-0.1, -0.05) is 19.8 Å². The molecule has 1 unspecified atom stereocenters. The standard InChI is InChI=1S/C10H16N2O2/c1-3-4-5-8(10(13)14)9-6-7-12(2)11-9/h6-8H,3-5H2,1-2H3,(H,13,14). The first kappa shape index (κ1) is 10.8. The average molecular weight is 196 g/mol. The van der Waals surface area contributed by atoms with Gasteiger partial charge in [0.25, 0.3) is 0 Å². The number of hydrogen-bond acceptors (Lipinski definition) is 2. The zero-order valence-electron chi connectivity index (χ0n) is 8.60. The van der Waals surface area contributed by atoms with Crippen molar-refractivity contribution >= 4 is 5.97 Å². The lowest BCUT2D eigenvalue weighted by Gasteiger charge is -2.07. The van der Waals surface area contributed by atoms with Crippen LogP contribution in [0.4, 0.5) is 0 Å². The molecular weight excluding hydrogens is 180 g/mol. The number of aromatic nitrogens is 2. The quantitative estimate of drug-likeness (QED) is 0.781. The number of rotatable bonds is 5. The molecule has 0 radical (unpaired) electrons. The number of carbonyl (C=O) groups is 1. The van der Waals surface area contributed by atoms with Crippen molar-refractivity contribution in [3.05, 3.63) is 18.0 Å². The number of hydrogen-bond donors (Lipinski definition) is 1. The Balaban J connectivity index is 2.72. The second kappa shape index (κ2) is 4.79. The van der Waals surface area contributed by atoms with Crippen LogP contribution in [0.25, 0.3) is 0 Å². The summed E-state index contributed by atoms with van der Waals surface area (Å²) >= 11 is 0. The Labute approximate surface area is 83.5 Å². The van der Waals surface area contributed by atoms with E-state index in [9.17, 15) is 4.79 Å². The molecule has 78 valence electrons. The number of carboxylic acids is 1. The average Bonchev–Trinajstić information content (AvgIpc) is 2.52. The number of aliphatic carboxylic acids is 1. The van der Waals surface area contributed by atoms with E-state index in [4.69, 9.17) is 5.11 Å². The molecule has 4 nitrogen and oxygen atoms in total. The van der Waals surface area contributed by atoms with Crippen LogP contribution in [0.1, 0.15) is 37.8 Å². The molecule has 0 bridgehead atoms. The van der Waals surface area contributed by atoms with Crippen LogP contribution in [0.15, 0.2) is 12.3 Å². The van der Waals surface area contributed by atoms with Gasteiger partial charge in [-0.2, -0.15) is 5.10 Å². The van der Waals surface area contributed by atoms with E-state index in [1.165, 1.54) is 0 Å². The molecule has 0 saturated heterocycles. The number of unbranched alkanes of at least 4 members (excludes halogenated alkanes) is 1. The zero-order chi connectivity index (χ0) is 10.6. The lowest BCUT2D eigenvalue weighted by atomic mass is 9.99. The second-order valence-corrected chi connectivity index (χ2v) is 3.45. The molecule has 1 atom stereocenters. The van der Waals surface area contributed by atoms with Crippen LogP contribution in [0.5, 0.6) is 0 Å². The van der Waals surface area contributed by atoms with Crippen LogP contribution in [0.3, 0.4) is 0 Å². The molecule has 14 heavy (non-hydrogen) atoms. The first-order valence-electron chi connectivity index (χ1n) is 4.87. The van der Waals surface area contributed by atoms with Crippen molar-refractivity contribution in [3.8, 4) is 0 Å². The fourth-order valence-corrected chi connectivity index (χ4v) is 1.42. The second-order valence-electron chi connectivity index (χ2n) is 3.45. The van der Waals surface area contributed by atoms with Gasteiger partial charge in [-0.3, -0.25) is 9.48 Å². The predicted octanol–water partition coefficient (Wildman–Crippen LogP) is 1.78. The van der Waals surface area contributed by atoms with Crippen LogP contribution >= 0.6 is 0 Å². The van der Waals surface area contributed by atoms with E-state index >= 15 is 0 Å². The van der Waals surface area contributed by atoms with Crippen molar-refractivity contribution in [1.29, 1.82) is 0 Å². The number of aryl methyl sites for hydroxylation is 1. The maximum atomic E-state index is 11.0. The van der Waals surface area contributed by atoms with E-state index in [-0.39, 0.29) is 0 Å². The zero-order valence-corrected chi connectivity index (χ0v) is 8.60. The molecule has 0 aromatic carbocycles. The first-order valence-corrected chi connectivity index (χ1v) is 4.87. The van der Waals surface area contributed by atoms with Crippen molar-refractivity contribution in [2.75, 3.05) is 0 Å². The van der Waals surface area contributed by atoms with Gasteiger partial charge in [0.15, 0.2) is 0 Å². The highest BCUT2D eigenvalue weighted by atomic mass is 16.4. The van der Waals surface area contributed by atoms with Gasteiger partial charge >= 0.3 is 5.97 Å². The van der Waals surface area contributed by atoms with E-state index in [0.717, 1.165) is 12.8 Å². The topological polar surface area (TPSA) is 55.1 Å². The molecular formula is C10H16N2O2. The van der Waals surface area contributed by atoms with Crippen molar-refractivity contribution in [2.24, 2.45) is 7.05 Å². The maximum Gasteiger partial charge on any atom is 0.312 e. The summed E-state index contributed by atoms with van der Waals surface area (Å²) in [6.07, 6.45) is 4.38. The number of carboxylic acid groups (broad SMARTS) is 1. The SMILES string of the molecule is CCCCC(C(=O)O)c1ccn(C)n1. The molecule has 1 heterocycles. The maximum absolute atomic E-state index is 11.0. The molecule has 1 rings (SSSR count). The van der Waals surface area contributed by atoms with Gasteiger partial charge in [0.05, 0.1) is 5.69 Å². The van der Waals surface area contributed by atoms with Crippen molar-refractivity contribution in [2.45, 2.75) is 32.1 Å². The fourth-order valence-electron chi connectivity index (χ4n) is 1.42. The van der Waals surface area contributed by atoms with E-state index in [1.54, 1.807) is 24.0 Å². The molecule has 1 N–H and O–H groups in total. The summed E-state index contributed by atoms with van der Waals surface area (Å²) in [6.45, 7) is 2.05. The Kier molecular flexibility index (Phi) is 3.68. The molecule has 0 aliphatic rings. The molecule has 0 saturated carbocycles. The Morgan fingerprint density at radius 1 is 1.71 bits per heavy atom. The van der Waals surface area contributed by atoms with Crippen LogP contribution in [0.2, 0.25) is 0 Å². The summed E-state index contributed by atoms with van der Waals surface area (Å²) in [6, 6.07) is 1.77. The largest absolute Gasteiger partial charge is 0.481 e. The minimum absolute atomic E-state index is 0.448. The lowest BCUT2D eigenvalue weighted by molar-refractivity contribution is -0.139. The molecule has 0 aliphatic heterocycles. The summed E-state index contributed by atoms with van der Waals surface area (Å²) < 4.78 is 1.64. The van der Waals surface area contributed by atoms with Gasteiger partial charge in [-0.25, -0.2) is 0 Å². The molecule has 0 spiro atoms. The van der Waals surface area contributed by atoms with E-state index in [1.807, 2.05) is 0 Å². The first-order chi connectivity index (χ1) is 6.65. The third-order valence-corrected chi connectivity index (χ3v) is 2.24. The number of nitrogens with zero attached hydrogens (tertiary/aromatic N) is 2. The lowest BCUT2D eigenvalue weighted by Crippen LogP contribution is -2.12.